The molecule has 3 aromatic rings. The molecule has 270 valence electrons. The van der Waals surface area contributed by atoms with E-state index >= 15 is 4.39 Å². The molecular formula is C36H40F4N8O3. The summed E-state index contributed by atoms with van der Waals surface area (Å²) in [5, 5.41) is 4.54. The fourth-order valence-electron chi connectivity index (χ4n) is 7.91. The molecule has 1 aromatic carbocycles. The summed E-state index contributed by atoms with van der Waals surface area (Å²) in [6, 6.07) is 2.74. The van der Waals surface area contributed by atoms with Gasteiger partial charge in [0.25, 0.3) is 5.91 Å². The summed E-state index contributed by atoms with van der Waals surface area (Å²) < 4.78 is 73.7. The van der Waals surface area contributed by atoms with Crippen molar-refractivity contribution in [2.75, 3.05) is 51.0 Å². The van der Waals surface area contributed by atoms with Gasteiger partial charge in [-0.1, -0.05) is 18.1 Å². The lowest BCUT2D eigenvalue weighted by Crippen LogP contribution is -2.43. The number of anilines is 2. The van der Waals surface area contributed by atoms with E-state index in [0.717, 1.165) is 49.7 Å². The van der Waals surface area contributed by atoms with Crippen molar-refractivity contribution in [1.82, 2.24) is 29.5 Å². The zero-order chi connectivity index (χ0) is 36.2. The zero-order valence-corrected chi connectivity index (χ0v) is 28.9. The maximum atomic E-state index is 15.7. The highest BCUT2D eigenvalue weighted by Crippen LogP contribution is 2.45. The normalized spacial score (nSPS) is 21.7. The summed E-state index contributed by atoms with van der Waals surface area (Å²) in [5.74, 6) is 4.00. The Bertz CT molecular complexity index is 1970. The van der Waals surface area contributed by atoms with Crippen LogP contribution in [0.25, 0.3) is 0 Å². The van der Waals surface area contributed by atoms with Crippen LogP contribution in [0.3, 0.4) is 0 Å². The monoisotopic (exact) mass is 708 g/mol. The number of ether oxygens (including phenoxy) is 2. The van der Waals surface area contributed by atoms with Gasteiger partial charge in [0.2, 0.25) is 0 Å². The van der Waals surface area contributed by atoms with Crippen molar-refractivity contribution in [2.24, 2.45) is 0 Å². The number of aryl methyl sites for hydroxylation is 1. The molecule has 2 aromatic heterocycles. The number of nitrogens with zero attached hydrogens (tertiary/aromatic N) is 7. The fraction of sp³-hybridized carbons (Fsp3) is 0.500. The molecule has 2 saturated heterocycles. The second-order valence-corrected chi connectivity index (χ2v) is 13.9. The molecule has 0 spiro atoms. The van der Waals surface area contributed by atoms with Crippen LogP contribution in [0.15, 0.2) is 24.3 Å². The molecule has 0 bridgehead atoms. The summed E-state index contributed by atoms with van der Waals surface area (Å²) >= 11 is 0. The Labute approximate surface area is 293 Å². The number of rotatable bonds is 6. The minimum atomic E-state index is -4.93. The van der Waals surface area contributed by atoms with Gasteiger partial charge in [-0.2, -0.15) is 28.2 Å². The molecule has 51 heavy (non-hydrogen) atoms. The van der Waals surface area contributed by atoms with Gasteiger partial charge in [0.15, 0.2) is 11.5 Å². The van der Waals surface area contributed by atoms with Crippen LogP contribution in [-0.4, -0.2) is 81.3 Å². The fourth-order valence-corrected chi connectivity index (χ4v) is 7.91. The Balaban J connectivity index is 1.29. The number of nitrogen functional groups attached to an aromatic ring is 1. The van der Waals surface area contributed by atoms with Crippen molar-refractivity contribution in [3.63, 3.8) is 0 Å². The highest BCUT2D eigenvalue weighted by atomic mass is 19.4. The predicted octanol–water partition coefficient (Wildman–Crippen LogP) is 4.88. The average Bonchev–Trinajstić information content (AvgIpc) is 3.70. The molecule has 11 nitrogen and oxygen atoms in total. The van der Waals surface area contributed by atoms with E-state index in [2.05, 4.69) is 28.4 Å². The molecule has 0 radical (unpaired) electrons. The Kier molecular flexibility index (Phi) is 8.95. The van der Waals surface area contributed by atoms with E-state index in [1.807, 2.05) is 9.58 Å². The molecule has 15 heteroatoms. The molecule has 4 aliphatic rings. The zero-order valence-electron chi connectivity index (χ0n) is 28.9. The topological polar surface area (TPSA) is 115 Å². The highest BCUT2D eigenvalue weighted by Gasteiger charge is 2.47. The maximum absolute atomic E-state index is 15.7. The highest BCUT2D eigenvalue weighted by molar-refractivity contribution is 5.92. The van der Waals surface area contributed by atoms with E-state index < -0.39 is 40.5 Å². The van der Waals surface area contributed by atoms with Crippen molar-refractivity contribution >= 4 is 17.4 Å². The van der Waals surface area contributed by atoms with Crippen LogP contribution in [0.1, 0.15) is 82.8 Å². The van der Waals surface area contributed by atoms with Gasteiger partial charge < -0.3 is 25.0 Å². The molecule has 2 fully saturated rings. The number of alkyl halides is 3. The van der Waals surface area contributed by atoms with E-state index in [4.69, 9.17) is 25.2 Å². The first-order valence-electron chi connectivity index (χ1n) is 17.0. The van der Waals surface area contributed by atoms with Crippen molar-refractivity contribution in [1.29, 1.82) is 0 Å². The van der Waals surface area contributed by atoms with Crippen molar-refractivity contribution in [2.45, 2.75) is 76.5 Å². The molecule has 1 amide bonds. The van der Waals surface area contributed by atoms with Gasteiger partial charge in [0.05, 0.1) is 47.4 Å². The SMILES string of the molecule is C=C1CN2CCC[C@@]2(COc2nc3c(c(N4CCCn5nc(C(=O)N(C)C)cc5C4)n2)CO[C@H](c2c(F)c(N)cc(C#CC)c2C(F)(F)F)C3)C1. The minimum absolute atomic E-state index is 0.0750. The third-order valence-electron chi connectivity index (χ3n) is 10.2. The van der Waals surface area contributed by atoms with Crippen LogP contribution in [0, 0.1) is 17.7 Å². The standard InChI is InChI=1S/C36H40F4N8O3/c1-5-8-22-13-25(41)31(37)29(30(22)36(38,39)40)28-15-26-24(19-50-28)32(43-34(42-26)51-20-35-9-6-11-47(35)17-21(2)16-35)46-10-7-12-48-23(18-46)14-27(44-48)33(49)45(3)4/h13-14,28H,2,6-7,9-12,15-20,41H2,1,3-4H3/t28-,35-/m0/s1. The number of carbonyl (C=O) groups is 1. The first kappa shape index (κ1) is 34.8. The average molecular weight is 709 g/mol. The number of benzene rings is 1. The molecule has 4 aliphatic heterocycles. The van der Waals surface area contributed by atoms with E-state index in [1.54, 1.807) is 20.2 Å². The third-order valence-corrected chi connectivity index (χ3v) is 10.2. The van der Waals surface area contributed by atoms with Crippen LogP contribution >= 0.6 is 0 Å². The van der Waals surface area contributed by atoms with Gasteiger partial charge in [-0.25, -0.2) is 4.39 Å². The summed E-state index contributed by atoms with van der Waals surface area (Å²) in [7, 11) is 3.33. The van der Waals surface area contributed by atoms with Crippen LogP contribution in [0.2, 0.25) is 0 Å². The van der Waals surface area contributed by atoms with Crippen molar-refractivity contribution < 1.29 is 31.8 Å². The smallest absolute Gasteiger partial charge is 0.418 e. The Hall–Kier alpha value is -4.68. The number of carbonyl (C=O) groups excluding carboxylic acids is 1. The van der Waals surface area contributed by atoms with Crippen molar-refractivity contribution in [3.8, 4) is 17.9 Å². The molecule has 6 heterocycles. The van der Waals surface area contributed by atoms with Gasteiger partial charge in [-0.3, -0.25) is 14.4 Å². The lowest BCUT2D eigenvalue weighted by Gasteiger charge is -2.33. The summed E-state index contributed by atoms with van der Waals surface area (Å²) in [6.07, 6.45) is -3.05. The maximum Gasteiger partial charge on any atom is 0.418 e. The number of hydrogen-bond acceptors (Lipinski definition) is 9. The first-order chi connectivity index (χ1) is 24.3. The summed E-state index contributed by atoms with van der Waals surface area (Å²) in [5.41, 5.74) is 6.09. The number of fused-ring (bicyclic) bond motifs is 3. The summed E-state index contributed by atoms with van der Waals surface area (Å²) in [4.78, 5) is 28.2. The van der Waals surface area contributed by atoms with E-state index in [9.17, 15) is 18.0 Å². The summed E-state index contributed by atoms with van der Waals surface area (Å²) in [6.45, 7) is 8.95. The number of halogens is 4. The number of amides is 1. The Morgan fingerprint density at radius 3 is 2.75 bits per heavy atom. The number of hydrogen-bond donors (Lipinski definition) is 1. The largest absolute Gasteiger partial charge is 0.461 e. The molecule has 0 saturated carbocycles. The first-order valence-corrected chi connectivity index (χ1v) is 17.0. The molecule has 7 rings (SSSR count). The molecule has 2 atom stereocenters. The van der Waals surface area contributed by atoms with Crippen LogP contribution in [0.4, 0.5) is 29.1 Å². The van der Waals surface area contributed by atoms with Crippen LogP contribution in [-0.2, 0) is 37.0 Å². The van der Waals surface area contributed by atoms with Crippen LogP contribution in [0.5, 0.6) is 6.01 Å². The Morgan fingerprint density at radius 2 is 2.00 bits per heavy atom. The van der Waals surface area contributed by atoms with Crippen molar-refractivity contribution in [3.05, 3.63) is 69.4 Å². The van der Waals surface area contributed by atoms with Gasteiger partial charge >= 0.3 is 12.2 Å². The quantitative estimate of drug-likeness (QED) is 0.166. The van der Waals surface area contributed by atoms with E-state index in [-0.39, 0.29) is 30.5 Å². The lowest BCUT2D eigenvalue weighted by atomic mass is 9.91. The molecular weight excluding hydrogens is 668 g/mol. The number of aromatic nitrogens is 4. The number of nitrogens with two attached hydrogens (primary N) is 1. The van der Waals surface area contributed by atoms with Crippen LogP contribution < -0.4 is 15.4 Å². The van der Waals surface area contributed by atoms with Gasteiger partial charge in [0, 0.05) is 56.8 Å². The third kappa shape index (κ3) is 6.40. The second kappa shape index (κ2) is 13.1. The van der Waals surface area contributed by atoms with Gasteiger partial charge in [-0.05, 0) is 51.3 Å². The second-order valence-electron chi connectivity index (χ2n) is 13.9. The van der Waals surface area contributed by atoms with Gasteiger partial charge in [0.1, 0.15) is 12.4 Å². The lowest BCUT2D eigenvalue weighted by molar-refractivity contribution is -0.140. The molecule has 2 N–H and O–H groups in total. The predicted molar refractivity (Wildman–Crippen MR) is 180 cm³/mol. The van der Waals surface area contributed by atoms with Gasteiger partial charge in [-0.15, -0.1) is 5.92 Å². The van der Waals surface area contributed by atoms with E-state index in [1.165, 1.54) is 11.8 Å². The Morgan fingerprint density at radius 1 is 1.20 bits per heavy atom. The van der Waals surface area contributed by atoms with E-state index in [0.29, 0.717) is 55.4 Å². The molecule has 0 unspecified atom stereocenters. The molecule has 0 aliphatic carbocycles. The minimum Gasteiger partial charge on any atom is -0.461 e.